The Morgan fingerprint density at radius 2 is 1.83 bits per heavy atom. The fourth-order valence-electron chi connectivity index (χ4n) is 2.05. The second kappa shape index (κ2) is 9.40. The summed E-state index contributed by atoms with van der Waals surface area (Å²) in [5.41, 5.74) is 1.35. The second-order valence-corrected chi connectivity index (χ2v) is 6.13. The van der Waals surface area contributed by atoms with E-state index in [1.165, 1.54) is 0 Å². The summed E-state index contributed by atoms with van der Waals surface area (Å²) in [6.45, 7) is 2.83. The number of halogens is 2. The van der Waals surface area contributed by atoms with Crippen molar-refractivity contribution in [3.05, 3.63) is 52.5 Å². The van der Waals surface area contributed by atoms with E-state index in [9.17, 15) is 4.79 Å². The number of hydrogen-bond acceptors (Lipinski definition) is 3. The van der Waals surface area contributed by atoms with Crippen LogP contribution in [-0.4, -0.2) is 19.1 Å². The molecule has 0 spiro atoms. The molecule has 0 atom stereocenters. The average molecular weight is 367 g/mol. The van der Waals surface area contributed by atoms with E-state index in [1.54, 1.807) is 18.2 Å². The summed E-state index contributed by atoms with van der Waals surface area (Å²) in [5, 5.41) is 6.87. The number of ether oxygens (including phenoxy) is 1. The van der Waals surface area contributed by atoms with Gasteiger partial charge in [0.1, 0.15) is 5.75 Å². The van der Waals surface area contributed by atoms with Crippen LogP contribution in [0, 0.1) is 0 Å². The molecule has 128 valence electrons. The highest BCUT2D eigenvalue weighted by molar-refractivity contribution is 6.35. The minimum Gasteiger partial charge on any atom is -0.491 e. The molecule has 0 saturated carbocycles. The highest BCUT2D eigenvalue weighted by Crippen LogP contribution is 2.24. The van der Waals surface area contributed by atoms with E-state index < -0.39 is 0 Å². The highest BCUT2D eigenvalue weighted by atomic mass is 35.5. The molecule has 4 nitrogen and oxygen atoms in total. The average Bonchev–Trinajstić information content (AvgIpc) is 2.54. The fourth-order valence-corrected chi connectivity index (χ4v) is 2.58. The highest BCUT2D eigenvalue weighted by Gasteiger charge is 2.08. The first-order valence-electron chi connectivity index (χ1n) is 7.80. The number of para-hydroxylation sites is 2. The van der Waals surface area contributed by atoms with Gasteiger partial charge < -0.3 is 15.4 Å². The molecule has 0 aromatic heterocycles. The number of carbonyl (C=O) groups is 1. The van der Waals surface area contributed by atoms with Crippen LogP contribution in [-0.2, 0) is 4.79 Å². The van der Waals surface area contributed by atoms with Gasteiger partial charge >= 0.3 is 0 Å². The molecule has 0 saturated heterocycles. The zero-order valence-corrected chi connectivity index (χ0v) is 15.0. The Morgan fingerprint density at radius 1 is 1.12 bits per heavy atom. The standard InChI is InChI=1S/C18H20Cl2N2O2/c1-2-3-8-24-17-7-5-4-6-16(17)22-18(23)12-21-15-10-13(19)9-14(20)11-15/h4-7,9-11,21H,2-3,8,12H2,1H3,(H,22,23). The van der Waals surface area contributed by atoms with Crippen LogP contribution in [0.4, 0.5) is 11.4 Å². The van der Waals surface area contributed by atoms with E-state index in [0.29, 0.717) is 33.8 Å². The zero-order valence-electron chi connectivity index (χ0n) is 13.4. The molecular formula is C18H20Cl2N2O2. The lowest BCUT2D eigenvalue weighted by Gasteiger charge is -2.13. The topological polar surface area (TPSA) is 50.4 Å². The zero-order chi connectivity index (χ0) is 17.4. The predicted octanol–water partition coefficient (Wildman–Crippen LogP) is 5.22. The quantitative estimate of drug-likeness (QED) is 0.629. The van der Waals surface area contributed by atoms with E-state index in [-0.39, 0.29) is 12.5 Å². The van der Waals surface area contributed by atoms with Gasteiger partial charge in [-0.15, -0.1) is 0 Å². The molecule has 0 aliphatic rings. The Hall–Kier alpha value is -1.91. The maximum atomic E-state index is 12.1. The Labute approximate surface area is 152 Å². The van der Waals surface area contributed by atoms with Gasteiger partial charge in [-0.25, -0.2) is 0 Å². The molecule has 0 unspecified atom stereocenters. The molecular weight excluding hydrogens is 347 g/mol. The summed E-state index contributed by atoms with van der Waals surface area (Å²) in [6.07, 6.45) is 2.03. The number of carbonyl (C=O) groups excluding carboxylic acids is 1. The van der Waals surface area contributed by atoms with Crippen LogP contribution < -0.4 is 15.4 Å². The van der Waals surface area contributed by atoms with Crippen LogP contribution in [0.3, 0.4) is 0 Å². The van der Waals surface area contributed by atoms with Crippen molar-refractivity contribution in [2.75, 3.05) is 23.8 Å². The number of rotatable bonds is 8. The summed E-state index contributed by atoms with van der Waals surface area (Å²) >= 11 is 11.9. The molecule has 0 aliphatic carbocycles. The molecule has 2 N–H and O–H groups in total. The van der Waals surface area contributed by atoms with Crippen molar-refractivity contribution in [3.8, 4) is 5.75 Å². The predicted molar refractivity (Wildman–Crippen MR) is 100 cm³/mol. The first kappa shape index (κ1) is 18.4. The summed E-state index contributed by atoms with van der Waals surface area (Å²) in [7, 11) is 0. The fraction of sp³-hybridized carbons (Fsp3) is 0.278. The van der Waals surface area contributed by atoms with Crippen LogP contribution in [0.5, 0.6) is 5.75 Å². The molecule has 1 amide bonds. The van der Waals surface area contributed by atoms with Crippen molar-refractivity contribution in [1.29, 1.82) is 0 Å². The summed E-state index contributed by atoms with van der Waals surface area (Å²) in [4.78, 5) is 12.1. The van der Waals surface area contributed by atoms with Crippen LogP contribution in [0.2, 0.25) is 10.0 Å². The molecule has 0 heterocycles. The maximum absolute atomic E-state index is 12.1. The van der Waals surface area contributed by atoms with Crippen LogP contribution in [0.25, 0.3) is 0 Å². The minimum absolute atomic E-state index is 0.0972. The summed E-state index contributed by atoms with van der Waals surface area (Å²) < 4.78 is 5.70. The van der Waals surface area contributed by atoms with Gasteiger partial charge in [-0.05, 0) is 36.8 Å². The Bertz CT molecular complexity index is 672. The number of benzene rings is 2. The van der Waals surface area contributed by atoms with Gasteiger partial charge in [0.05, 0.1) is 18.8 Å². The first-order valence-corrected chi connectivity index (χ1v) is 8.55. The van der Waals surface area contributed by atoms with Crippen molar-refractivity contribution in [2.45, 2.75) is 19.8 Å². The largest absolute Gasteiger partial charge is 0.491 e. The van der Waals surface area contributed by atoms with E-state index in [4.69, 9.17) is 27.9 Å². The van der Waals surface area contributed by atoms with Gasteiger partial charge in [0.15, 0.2) is 0 Å². The van der Waals surface area contributed by atoms with Gasteiger partial charge in [-0.3, -0.25) is 4.79 Å². The monoisotopic (exact) mass is 366 g/mol. The van der Waals surface area contributed by atoms with Gasteiger partial charge in [-0.1, -0.05) is 48.7 Å². The SMILES string of the molecule is CCCCOc1ccccc1NC(=O)CNc1cc(Cl)cc(Cl)c1. The molecule has 0 bridgehead atoms. The third kappa shape index (κ3) is 5.95. The van der Waals surface area contributed by atoms with Gasteiger partial charge in [-0.2, -0.15) is 0 Å². The van der Waals surface area contributed by atoms with Crippen LogP contribution in [0.15, 0.2) is 42.5 Å². The lowest BCUT2D eigenvalue weighted by atomic mass is 10.3. The third-order valence-corrected chi connectivity index (χ3v) is 3.67. The number of hydrogen-bond donors (Lipinski definition) is 2. The van der Waals surface area contributed by atoms with Crippen LogP contribution >= 0.6 is 23.2 Å². The Balaban J connectivity index is 1.92. The van der Waals surface area contributed by atoms with Gasteiger partial charge in [0.2, 0.25) is 5.91 Å². The molecule has 0 radical (unpaired) electrons. The van der Waals surface area contributed by atoms with E-state index >= 15 is 0 Å². The van der Waals surface area contributed by atoms with Crippen molar-refractivity contribution < 1.29 is 9.53 Å². The molecule has 0 fully saturated rings. The molecule has 2 aromatic rings. The number of amides is 1. The summed E-state index contributed by atoms with van der Waals surface area (Å²) in [5.74, 6) is 0.489. The number of unbranched alkanes of at least 4 members (excludes halogenated alkanes) is 1. The minimum atomic E-state index is -0.183. The van der Waals surface area contributed by atoms with E-state index in [1.807, 2.05) is 24.3 Å². The van der Waals surface area contributed by atoms with Crippen molar-refractivity contribution in [3.63, 3.8) is 0 Å². The van der Waals surface area contributed by atoms with Crippen molar-refractivity contribution in [1.82, 2.24) is 0 Å². The molecule has 6 heteroatoms. The maximum Gasteiger partial charge on any atom is 0.243 e. The van der Waals surface area contributed by atoms with E-state index in [0.717, 1.165) is 12.8 Å². The lowest BCUT2D eigenvalue weighted by Crippen LogP contribution is -2.22. The van der Waals surface area contributed by atoms with Crippen molar-refractivity contribution in [2.24, 2.45) is 0 Å². The smallest absolute Gasteiger partial charge is 0.243 e. The van der Waals surface area contributed by atoms with Crippen LogP contribution in [0.1, 0.15) is 19.8 Å². The lowest BCUT2D eigenvalue weighted by molar-refractivity contribution is -0.114. The Kier molecular flexibility index (Phi) is 7.22. The molecule has 2 rings (SSSR count). The van der Waals surface area contributed by atoms with Gasteiger partial charge in [0, 0.05) is 15.7 Å². The molecule has 2 aromatic carbocycles. The number of anilines is 2. The van der Waals surface area contributed by atoms with Crippen molar-refractivity contribution >= 4 is 40.5 Å². The third-order valence-electron chi connectivity index (χ3n) is 3.23. The molecule has 0 aliphatic heterocycles. The number of nitrogens with one attached hydrogen (secondary N) is 2. The molecule has 24 heavy (non-hydrogen) atoms. The first-order chi connectivity index (χ1) is 11.6. The summed E-state index contributed by atoms with van der Waals surface area (Å²) in [6, 6.07) is 12.4. The van der Waals surface area contributed by atoms with Gasteiger partial charge in [0.25, 0.3) is 0 Å². The van der Waals surface area contributed by atoms with E-state index in [2.05, 4.69) is 17.6 Å². The normalized spacial score (nSPS) is 10.3. The Morgan fingerprint density at radius 3 is 2.54 bits per heavy atom. The second-order valence-electron chi connectivity index (χ2n) is 5.26.